The van der Waals surface area contributed by atoms with E-state index in [1.54, 1.807) is 0 Å². The summed E-state index contributed by atoms with van der Waals surface area (Å²) in [7, 11) is 4.33. The molecule has 4 nitrogen and oxygen atoms in total. The molecular formula is C24H26N4. The normalized spacial score (nSPS) is 17.9. The number of para-hydroxylation sites is 4. The molecule has 0 fully saturated rings. The summed E-state index contributed by atoms with van der Waals surface area (Å²) in [6, 6.07) is 24.0. The molecule has 28 heavy (non-hydrogen) atoms. The number of fused-ring (bicyclic) bond motifs is 2. The summed E-state index contributed by atoms with van der Waals surface area (Å²) in [5, 5.41) is 0. The van der Waals surface area contributed by atoms with Gasteiger partial charge in [0.15, 0.2) is 0 Å². The third-order valence-electron chi connectivity index (χ3n) is 6.22. The van der Waals surface area contributed by atoms with Gasteiger partial charge in [0.25, 0.3) is 0 Å². The van der Waals surface area contributed by atoms with Crippen LogP contribution in [0.2, 0.25) is 0 Å². The minimum absolute atomic E-state index is 0.278. The van der Waals surface area contributed by atoms with Crippen LogP contribution in [-0.2, 0) is 0 Å². The van der Waals surface area contributed by atoms with Gasteiger partial charge >= 0.3 is 0 Å². The van der Waals surface area contributed by atoms with Gasteiger partial charge in [-0.3, -0.25) is 0 Å². The minimum Gasteiger partial charge on any atom is -0.355 e. The Balaban J connectivity index is 1.62. The molecule has 3 aromatic carbocycles. The summed E-state index contributed by atoms with van der Waals surface area (Å²) in [5.41, 5.74) is 8.97. The third kappa shape index (κ3) is 2.30. The average Bonchev–Trinajstić information content (AvgIpc) is 3.18. The second-order valence-electron chi connectivity index (χ2n) is 7.78. The summed E-state index contributed by atoms with van der Waals surface area (Å²) < 4.78 is 0. The van der Waals surface area contributed by atoms with Crippen molar-refractivity contribution in [1.82, 2.24) is 0 Å². The summed E-state index contributed by atoms with van der Waals surface area (Å²) in [6.07, 6.45) is 0.278. The van der Waals surface area contributed by atoms with E-state index in [1.807, 2.05) is 0 Å². The molecule has 0 saturated carbocycles. The number of nitrogens with zero attached hydrogens (tertiary/aromatic N) is 4. The van der Waals surface area contributed by atoms with Crippen LogP contribution in [0.5, 0.6) is 0 Å². The van der Waals surface area contributed by atoms with Crippen molar-refractivity contribution in [1.29, 1.82) is 0 Å². The maximum absolute atomic E-state index is 2.46. The van der Waals surface area contributed by atoms with Crippen LogP contribution in [0.1, 0.15) is 12.5 Å². The average molecular weight is 371 g/mol. The van der Waals surface area contributed by atoms with Crippen LogP contribution in [0.15, 0.2) is 66.7 Å². The van der Waals surface area contributed by atoms with Crippen molar-refractivity contribution >= 4 is 34.1 Å². The first-order valence-corrected chi connectivity index (χ1v) is 9.86. The first-order chi connectivity index (χ1) is 13.6. The minimum atomic E-state index is 0.278. The van der Waals surface area contributed by atoms with E-state index in [0.29, 0.717) is 0 Å². The molecule has 0 spiro atoms. The largest absolute Gasteiger partial charge is 0.355 e. The van der Waals surface area contributed by atoms with Gasteiger partial charge in [-0.2, -0.15) is 0 Å². The highest BCUT2D eigenvalue weighted by atomic mass is 15.4. The molecule has 0 unspecified atom stereocenters. The molecule has 0 N–H and O–H groups in total. The van der Waals surface area contributed by atoms with Crippen molar-refractivity contribution in [3.8, 4) is 0 Å². The van der Waals surface area contributed by atoms with Gasteiger partial charge in [0.05, 0.1) is 29.4 Å². The SMILES string of the molecule is Cc1c(N2CN(C)c3ccccc32)cccc1N1c2ccccc2N(C)[C@H]1C. The van der Waals surface area contributed by atoms with Crippen LogP contribution in [0.3, 0.4) is 0 Å². The highest BCUT2D eigenvalue weighted by molar-refractivity contribution is 5.88. The lowest BCUT2D eigenvalue weighted by atomic mass is 10.1. The Labute approximate surface area is 167 Å². The molecule has 1 atom stereocenters. The van der Waals surface area contributed by atoms with Crippen LogP contribution in [0.4, 0.5) is 34.1 Å². The zero-order valence-electron chi connectivity index (χ0n) is 16.9. The molecule has 142 valence electrons. The van der Waals surface area contributed by atoms with Gasteiger partial charge in [-0.05, 0) is 55.8 Å². The Bertz CT molecular complexity index is 1040. The van der Waals surface area contributed by atoms with Crippen LogP contribution in [0.25, 0.3) is 0 Å². The smallest absolute Gasteiger partial charge is 0.103 e. The molecule has 0 aliphatic carbocycles. The van der Waals surface area contributed by atoms with Crippen molar-refractivity contribution < 1.29 is 0 Å². The fraction of sp³-hybridized carbons (Fsp3) is 0.250. The Kier molecular flexibility index (Phi) is 3.76. The van der Waals surface area contributed by atoms with E-state index in [-0.39, 0.29) is 6.17 Å². The van der Waals surface area contributed by atoms with Gasteiger partial charge < -0.3 is 19.6 Å². The van der Waals surface area contributed by atoms with Gasteiger partial charge in [0.2, 0.25) is 0 Å². The first kappa shape index (κ1) is 17.0. The molecule has 0 bridgehead atoms. The molecule has 2 heterocycles. The highest BCUT2D eigenvalue weighted by Crippen LogP contribution is 2.47. The van der Waals surface area contributed by atoms with Gasteiger partial charge in [-0.15, -0.1) is 0 Å². The van der Waals surface area contributed by atoms with Crippen LogP contribution in [-0.4, -0.2) is 26.9 Å². The third-order valence-corrected chi connectivity index (χ3v) is 6.22. The monoisotopic (exact) mass is 370 g/mol. The van der Waals surface area contributed by atoms with E-state index in [4.69, 9.17) is 0 Å². The summed E-state index contributed by atoms with van der Waals surface area (Å²) in [6.45, 7) is 5.39. The number of rotatable bonds is 2. The quantitative estimate of drug-likeness (QED) is 0.592. The summed E-state index contributed by atoms with van der Waals surface area (Å²) in [4.78, 5) is 9.54. The Morgan fingerprint density at radius 2 is 1.25 bits per heavy atom. The van der Waals surface area contributed by atoms with Crippen molar-refractivity contribution in [3.05, 3.63) is 72.3 Å². The first-order valence-electron chi connectivity index (χ1n) is 9.86. The van der Waals surface area contributed by atoms with Crippen LogP contribution in [0, 0.1) is 6.92 Å². The predicted molar refractivity (Wildman–Crippen MR) is 119 cm³/mol. The van der Waals surface area contributed by atoms with Crippen LogP contribution >= 0.6 is 0 Å². The number of benzene rings is 3. The van der Waals surface area contributed by atoms with E-state index >= 15 is 0 Å². The highest BCUT2D eigenvalue weighted by Gasteiger charge is 2.33. The molecule has 3 aromatic rings. The lowest BCUT2D eigenvalue weighted by Crippen LogP contribution is -2.36. The Morgan fingerprint density at radius 3 is 2.00 bits per heavy atom. The zero-order chi connectivity index (χ0) is 19.4. The Hall–Kier alpha value is -3.14. The molecule has 2 aliphatic heterocycles. The number of anilines is 6. The van der Waals surface area contributed by atoms with E-state index in [1.165, 1.54) is 39.7 Å². The predicted octanol–water partition coefficient (Wildman–Crippen LogP) is 5.47. The van der Waals surface area contributed by atoms with E-state index in [2.05, 4.69) is 114 Å². The summed E-state index contributed by atoms with van der Waals surface area (Å²) >= 11 is 0. The van der Waals surface area contributed by atoms with Crippen molar-refractivity contribution in [3.63, 3.8) is 0 Å². The lowest BCUT2D eigenvalue weighted by molar-refractivity contribution is 0.732. The van der Waals surface area contributed by atoms with E-state index in [0.717, 1.165) is 6.67 Å². The second kappa shape index (κ2) is 6.20. The molecule has 5 rings (SSSR count). The summed E-state index contributed by atoms with van der Waals surface area (Å²) in [5.74, 6) is 0. The second-order valence-corrected chi connectivity index (χ2v) is 7.78. The molecule has 2 aliphatic rings. The van der Waals surface area contributed by atoms with E-state index < -0.39 is 0 Å². The van der Waals surface area contributed by atoms with Crippen molar-refractivity contribution in [2.75, 3.05) is 40.4 Å². The molecule has 0 aromatic heterocycles. The zero-order valence-corrected chi connectivity index (χ0v) is 16.9. The Morgan fingerprint density at radius 1 is 0.679 bits per heavy atom. The molecule has 0 amide bonds. The molecule has 0 saturated heterocycles. The maximum atomic E-state index is 2.46. The standard InChI is InChI=1S/C24H26N4/c1-17-19(27-16-25(3)21-10-5-7-12-23(21)27)14-9-15-20(17)28-18(2)26(4)22-11-6-8-13-24(22)28/h5-15,18H,16H2,1-4H3/t18-/m1/s1. The molecule has 4 heteroatoms. The van der Waals surface area contributed by atoms with Gasteiger partial charge in [-0.25, -0.2) is 0 Å². The van der Waals surface area contributed by atoms with Crippen molar-refractivity contribution in [2.24, 2.45) is 0 Å². The fourth-order valence-corrected chi connectivity index (χ4v) is 4.62. The lowest BCUT2D eigenvalue weighted by Gasteiger charge is -2.31. The van der Waals surface area contributed by atoms with Gasteiger partial charge in [0.1, 0.15) is 6.17 Å². The topological polar surface area (TPSA) is 13.0 Å². The fourth-order valence-electron chi connectivity index (χ4n) is 4.62. The van der Waals surface area contributed by atoms with E-state index in [9.17, 15) is 0 Å². The van der Waals surface area contributed by atoms with Crippen molar-refractivity contribution in [2.45, 2.75) is 20.0 Å². The van der Waals surface area contributed by atoms with Gasteiger partial charge in [0, 0.05) is 25.5 Å². The number of hydrogen-bond acceptors (Lipinski definition) is 4. The molecule has 0 radical (unpaired) electrons. The maximum Gasteiger partial charge on any atom is 0.103 e. The van der Waals surface area contributed by atoms with Crippen LogP contribution < -0.4 is 19.6 Å². The number of hydrogen-bond donors (Lipinski definition) is 0. The van der Waals surface area contributed by atoms with Gasteiger partial charge in [-0.1, -0.05) is 30.3 Å². The molecular weight excluding hydrogens is 344 g/mol.